The summed E-state index contributed by atoms with van der Waals surface area (Å²) in [5.74, 6) is 0. The SMILES string of the molecule is N#CCC1(N)CCN(Cc2ccc(-c3ccc(Cl)s3)cc2)CC1. The molecule has 0 unspecified atom stereocenters. The van der Waals surface area contributed by atoms with Gasteiger partial charge in [0.2, 0.25) is 0 Å². The number of halogens is 1. The zero-order valence-corrected chi connectivity index (χ0v) is 14.5. The number of likely N-dealkylation sites (tertiary alicyclic amines) is 1. The number of thiophene rings is 1. The lowest BCUT2D eigenvalue weighted by Gasteiger charge is -2.37. The molecule has 23 heavy (non-hydrogen) atoms. The maximum Gasteiger partial charge on any atom is 0.0934 e. The summed E-state index contributed by atoms with van der Waals surface area (Å²) in [7, 11) is 0. The third kappa shape index (κ3) is 4.13. The van der Waals surface area contributed by atoms with Crippen molar-refractivity contribution in [2.24, 2.45) is 5.73 Å². The van der Waals surface area contributed by atoms with Crippen LogP contribution in [0.5, 0.6) is 0 Å². The first-order chi connectivity index (χ1) is 11.1. The normalized spacial score (nSPS) is 17.8. The van der Waals surface area contributed by atoms with E-state index in [1.165, 1.54) is 16.0 Å². The van der Waals surface area contributed by atoms with E-state index >= 15 is 0 Å². The molecular weight excluding hydrogens is 326 g/mol. The van der Waals surface area contributed by atoms with Crippen LogP contribution in [0.3, 0.4) is 0 Å². The second-order valence-corrected chi connectivity index (χ2v) is 7.99. The molecule has 1 fully saturated rings. The van der Waals surface area contributed by atoms with Crippen LogP contribution in [-0.4, -0.2) is 23.5 Å². The monoisotopic (exact) mass is 345 g/mol. The molecule has 5 heteroatoms. The molecule has 1 aromatic carbocycles. The van der Waals surface area contributed by atoms with Crippen molar-refractivity contribution in [3.8, 4) is 16.5 Å². The Balaban J connectivity index is 1.58. The van der Waals surface area contributed by atoms with Crippen molar-refractivity contribution < 1.29 is 0 Å². The number of piperidine rings is 1. The molecular formula is C18H20ClN3S. The number of hydrogen-bond donors (Lipinski definition) is 1. The van der Waals surface area contributed by atoms with Gasteiger partial charge in [0.05, 0.1) is 16.8 Å². The molecule has 0 amide bonds. The number of nitriles is 1. The quantitative estimate of drug-likeness (QED) is 0.900. The molecule has 0 radical (unpaired) electrons. The van der Waals surface area contributed by atoms with Crippen molar-refractivity contribution >= 4 is 22.9 Å². The molecule has 1 saturated heterocycles. The predicted octanol–water partition coefficient (Wildman–Crippen LogP) is 4.28. The maximum absolute atomic E-state index is 8.86. The molecule has 1 aromatic heterocycles. The Morgan fingerprint density at radius 1 is 1.17 bits per heavy atom. The molecule has 0 spiro atoms. The van der Waals surface area contributed by atoms with Crippen molar-refractivity contribution in [1.82, 2.24) is 4.90 Å². The minimum atomic E-state index is -0.284. The van der Waals surface area contributed by atoms with Crippen molar-refractivity contribution in [1.29, 1.82) is 5.26 Å². The lowest BCUT2D eigenvalue weighted by Crippen LogP contribution is -2.49. The van der Waals surface area contributed by atoms with E-state index in [-0.39, 0.29) is 5.54 Å². The lowest BCUT2D eigenvalue weighted by molar-refractivity contribution is 0.157. The fraction of sp³-hybridized carbons (Fsp3) is 0.389. The van der Waals surface area contributed by atoms with Gasteiger partial charge in [-0.05, 0) is 36.1 Å². The summed E-state index contributed by atoms with van der Waals surface area (Å²) in [5.41, 5.74) is 8.48. The van der Waals surface area contributed by atoms with Crippen molar-refractivity contribution in [3.63, 3.8) is 0 Å². The highest BCUT2D eigenvalue weighted by molar-refractivity contribution is 7.19. The van der Waals surface area contributed by atoms with E-state index in [9.17, 15) is 0 Å². The predicted molar refractivity (Wildman–Crippen MR) is 96.4 cm³/mol. The zero-order valence-electron chi connectivity index (χ0n) is 13.0. The van der Waals surface area contributed by atoms with Crippen molar-refractivity contribution in [2.45, 2.75) is 31.3 Å². The topological polar surface area (TPSA) is 53.1 Å². The van der Waals surface area contributed by atoms with Gasteiger partial charge in [0, 0.05) is 30.1 Å². The van der Waals surface area contributed by atoms with Crippen molar-refractivity contribution in [3.05, 3.63) is 46.3 Å². The molecule has 2 aromatic rings. The van der Waals surface area contributed by atoms with Gasteiger partial charge in [-0.3, -0.25) is 4.90 Å². The molecule has 1 aliphatic rings. The number of hydrogen-bond acceptors (Lipinski definition) is 4. The Morgan fingerprint density at radius 2 is 1.87 bits per heavy atom. The van der Waals surface area contributed by atoms with Gasteiger partial charge in [-0.15, -0.1) is 11.3 Å². The Labute approximate surface area is 146 Å². The molecule has 3 nitrogen and oxygen atoms in total. The lowest BCUT2D eigenvalue weighted by atomic mass is 9.86. The largest absolute Gasteiger partial charge is 0.324 e. The summed E-state index contributed by atoms with van der Waals surface area (Å²) in [6.45, 7) is 2.86. The third-order valence-electron chi connectivity index (χ3n) is 4.50. The van der Waals surface area contributed by atoms with E-state index in [4.69, 9.17) is 22.6 Å². The molecule has 0 atom stereocenters. The first-order valence-corrected chi connectivity index (χ1v) is 9.00. The highest BCUT2D eigenvalue weighted by Crippen LogP contribution is 2.31. The average molecular weight is 346 g/mol. The van der Waals surface area contributed by atoms with Gasteiger partial charge < -0.3 is 5.73 Å². The summed E-state index contributed by atoms with van der Waals surface area (Å²) >= 11 is 7.60. The molecule has 0 bridgehead atoms. The van der Waals surface area contributed by atoms with Gasteiger partial charge in [0.1, 0.15) is 0 Å². The van der Waals surface area contributed by atoms with Crippen LogP contribution in [0.1, 0.15) is 24.8 Å². The first-order valence-electron chi connectivity index (χ1n) is 7.81. The first kappa shape index (κ1) is 16.5. The van der Waals surface area contributed by atoms with Crippen LogP contribution in [0.2, 0.25) is 4.34 Å². The third-order valence-corrected chi connectivity index (χ3v) is 5.78. The van der Waals surface area contributed by atoms with Crippen LogP contribution in [-0.2, 0) is 6.54 Å². The molecule has 120 valence electrons. The van der Waals surface area contributed by atoms with Gasteiger partial charge in [0.15, 0.2) is 0 Å². The van der Waals surface area contributed by atoms with E-state index in [1.807, 2.05) is 6.07 Å². The van der Waals surface area contributed by atoms with Gasteiger partial charge in [-0.2, -0.15) is 5.26 Å². The highest BCUT2D eigenvalue weighted by Gasteiger charge is 2.30. The second-order valence-electron chi connectivity index (χ2n) is 6.27. The van der Waals surface area contributed by atoms with Crippen LogP contribution in [0, 0.1) is 11.3 Å². The molecule has 0 aliphatic carbocycles. The van der Waals surface area contributed by atoms with Gasteiger partial charge in [-0.1, -0.05) is 35.9 Å². The van der Waals surface area contributed by atoms with Crippen LogP contribution in [0.25, 0.3) is 10.4 Å². The van der Waals surface area contributed by atoms with E-state index in [1.54, 1.807) is 11.3 Å². The Kier molecular flexibility index (Phi) is 5.03. The summed E-state index contributed by atoms with van der Waals surface area (Å²) in [4.78, 5) is 3.61. The van der Waals surface area contributed by atoms with Gasteiger partial charge >= 0.3 is 0 Å². The zero-order chi connectivity index (χ0) is 16.3. The standard InChI is InChI=1S/C18H20ClN3S/c19-17-6-5-16(23-17)15-3-1-14(2-4-15)13-22-11-8-18(21,7-10-20)9-12-22/h1-6H,7-9,11-13,21H2. The Hall–Kier alpha value is -1.38. The number of benzene rings is 1. The summed E-state index contributed by atoms with van der Waals surface area (Å²) in [6, 6.07) is 14.9. The second kappa shape index (κ2) is 7.02. The summed E-state index contributed by atoms with van der Waals surface area (Å²) < 4.78 is 0.819. The Bertz CT molecular complexity index is 694. The van der Waals surface area contributed by atoms with Crippen LogP contribution in [0.4, 0.5) is 0 Å². The fourth-order valence-electron chi connectivity index (χ4n) is 2.99. The minimum Gasteiger partial charge on any atom is -0.324 e. The minimum absolute atomic E-state index is 0.284. The number of nitrogens with two attached hydrogens (primary N) is 1. The highest BCUT2D eigenvalue weighted by atomic mass is 35.5. The smallest absolute Gasteiger partial charge is 0.0934 e. The van der Waals surface area contributed by atoms with Crippen molar-refractivity contribution in [2.75, 3.05) is 13.1 Å². The van der Waals surface area contributed by atoms with Gasteiger partial charge in [0.25, 0.3) is 0 Å². The van der Waals surface area contributed by atoms with Crippen LogP contribution >= 0.6 is 22.9 Å². The molecule has 2 heterocycles. The van der Waals surface area contributed by atoms with E-state index in [2.05, 4.69) is 41.3 Å². The van der Waals surface area contributed by atoms with Crippen LogP contribution in [0.15, 0.2) is 36.4 Å². The number of rotatable bonds is 4. The van der Waals surface area contributed by atoms with E-state index < -0.39 is 0 Å². The molecule has 3 rings (SSSR count). The van der Waals surface area contributed by atoms with E-state index in [0.29, 0.717) is 6.42 Å². The summed E-state index contributed by atoms with van der Waals surface area (Å²) in [5, 5.41) is 8.86. The average Bonchev–Trinajstić information content (AvgIpc) is 2.97. The molecule has 2 N–H and O–H groups in total. The molecule has 0 saturated carbocycles. The van der Waals surface area contributed by atoms with E-state index in [0.717, 1.165) is 36.8 Å². The van der Waals surface area contributed by atoms with Gasteiger partial charge in [-0.25, -0.2) is 0 Å². The molecule has 1 aliphatic heterocycles. The maximum atomic E-state index is 8.86. The Morgan fingerprint density at radius 3 is 2.43 bits per heavy atom. The number of nitrogens with zero attached hydrogens (tertiary/aromatic N) is 2. The fourth-order valence-corrected chi connectivity index (χ4v) is 4.04. The van der Waals surface area contributed by atoms with Crippen LogP contribution < -0.4 is 5.73 Å². The summed E-state index contributed by atoms with van der Waals surface area (Å²) in [6.07, 6.45) is 2.25.